The summed E-state index contributed by atoms with van der Waals surface area (Å²) in [5, 5.41) is 10.2. The normalized spacial score (nSPS) is 15.7. The van der Waals surface area contributed by atoms with E-state index in [2.05, 4.69) is 15.9 Å². The molecule has 1 aromatic carbocycles. The summed E-state index contributed by atoms with van der Waals surface area (Å²) in [4.78, 5) is 0. The lowest BCUT2D eigenvalue weighted by atomic mass is 9.83. The Hall–Kier alpha value is -0.650. The van der Waals surface area contributed by atoms with E-state index >= 15 is 0 Å². The van der Waals surface area contributed by atoms with Crippen molar-refractivity contribution in [2.24, 2.45) is 11.1 Å². The Morgan fingerprint density at radius 1 is 1.35 bits per heavy atom. The minimum absolute atomic E-state index is 0.0142. The van der Waals surface area contributed by atoms with Crippen LogP contribution in [0, 0.1) is 11.2 Å². The van der Waals surface area contributed by atoms with Gasteiger partial charge in [-0.25, -0.2) is 4.39 Å². The highest BCUT2D eigenvalue weighted by Gasteiger charge is 2.31. The Labute approximate surface area is 109 Å². The molecule has 0 fully saturated rings. The molecular weight excluding hydrogens is 287 g/mol. The lowest BCUT2D eigenvalue weighted by Crippen LogP contribution is -2.40. The first-order valence-corrected chi connectivity index (χ1v) is 6.08. The second-order valence-corrected chi connectivity index (χ2v) is 6.37. The maximum absolute atomic E-state index is 13.5. The first-order valence-electron chi connectivity index (χ1n) is 5.29. The van der Waals surface area contributed by atoms with Crippen molar-refractivity contribution in [1.29, 1.82) is 0 Å². The molecule has 0 amide bonds. The van der Waals surface area contributed by atoms with Crippen molar-refractivity contribution >= 4 is 21.6 Å². The van der Waals surface area contributed by atoms with Crippen LogP contribution in [0.5, 0.6) is 0 Å². The van der Waals surface area contributed by atoms with Gasteiger partial charge in [-0.3, -0.25) is 5.73 Å². The van der Waals surface area contributed by atoms with E-state index in [0.717, 1.165) is 0 Å². The van der Waals surface area contributed by atoms with E-state index in [1.807, 2.05) is 20.8 Å². The lowest BCUT2D eigenvalue weighted by Gasteiger charge is -2.31. The molecule has 0 spiro atoms. The average Bonchev–Trinajstić information content (AvgIpc) is 2.09. The van der Waals surface area contributed by atoms with Crippen molar-refractivity contribution in [3.05, 3.63) is 28.0 Å². The second-order valence-electron chi connectivity index (χ2n) is 5.52. The predicted octanol–water partition coefficient (Wildman–Crippen LogP) is 2.71. The SMILES string of the molecule is CC(C)(C)CC(N)(O)c1cc(F)c(N)c(Br)c1. The summed E-state index contributed by atoms with van der Waals surface area (Å²) in [5.74, 6) is -0.591. The fourth-order valence-electron chi connectivity index (χ4n) is 1.74. The highest BCUT2D eigenvalue weighted by Crippen LogP contribution is 2.34. The molecule has 0 heterocycles. The van der Waals surface area contributed by atoms with Crippen molar-refractivity contribution in [2.75, 3.05) is 5.73 Å². The van der Waals surface area contributed by atoms with E-state index < -0.39 is 11.5 Å². The highest BCUT2D eigenvalue weighted by atomic mass is 79.9. The molecule has 0 radical (unpaired) electrons. The highest BCUT2D eigenvalue weighted by molar-refractivity contribution is 9.10. The van der Waals surface area contributed by atoms with Crippen LogP contribution >= 0.6 is 15.9 Å². The maximum atomic E-state index is 13.5. The Bertz CT molecular complexity index is 404. The first-order chi connectivity index (χ1) is 7.53. The summed E-state index contributed by atoms with van der Waals surface area (Å²) < 4.78 is 13.9. The van der Waals surface area contributed by atoms with E-state index in [-0.39, 0.29) is 11.1 Å². The van der Waals surface area contributed by atoms with E-state index in [1.54, 1.807) is 6.07 Å². The third kappa shape index (κ3) is 3.66. The van der Waals surface area contributed by atoms with Gasteiger partial charge >= 0.3 is 0 Å². The molecule has 0 aliphatic carbocycles. The number of benzene rings is 1. The van der Waals surface area contributed by atoms with Crippen LogP contribution in [0.25, 0.3) is 0 Å². The topological polar surface area (TPSA) is 72.3 Å². The molecule has 0 aliphatic rings. The van der Waals surface area contributed by atoms with Gasteiger partial charge in [0.15, 0.2) is 0 Å². The fourth-order valence-corrected chi connectivity index (χ4v) is 2.18. The van der Waals surface area contributed by atoms with Gasteiger partial charge in [-0.1, -0.05) is 20.8 Å². The zero-order chi connectivity index (χ0) is 13.4. The minimum Gasteiger partial charge on any atom is -0.395 e. The number of nitrogen functional groups attached to an aromatic ring is 1. The van der Waals surface area contributed by atoms with Gasteiger partial charge in [0.05, 0.1) is 5.69 Å². The van der Waals surface area contributed by atoms with Crippen molar-refractivity contribution in [3.8, 4) is 0 Å². The van der Waals surface area contributed by atoms with Crippen LogP contribution in [-0.2, 0) is 5.72 Å². The molecule has 0 aromatic heterocycles. The summed E-state index contributed by atoms with van der Waals surface area (Å²) in [6.45, 7) is 5.86. The molecule has 96 valence electrons. The smallest absolute Gasteiger partial charge is 0.147 e. The Morgan fingerprint density at radius 2 is 1.88 bits per heavy atom. The first kappa shape index (κ1) is 14.4. The number of hydrogen-bond acceptors (Lipinski definition) is 3. The summed E-state index contributed by atoms with van der Waals surface area (Å²) >= 11 is 3.14. The molecule has 1 rings (SSSR count). The van der Waals surface area contributed by atoms with Crippen LogP contribution in [0.3, 0.4) is 0 Å². The van der Waals surface area contributed by atoms with Crippen LogP contribution in [0.1, 0.15) is 32.8 Å². The molecule has 1 aromatic rings. The third-order valence-corrected chi connectivity index (χ3v) is 3.03. The van der Waals surface area contributed by atoms with Gasteiger partial charge in [-0.05, 0) is 39.9 Å². The Morgan fingerprint density at radius 3 is 2.29 bits per heavy atom. The fraction of sp³-hybridized carbons (Fsp3) is 0.500. The molecule has 0 saturated heterocycles. The molecule has 0 saturated carbocycles. The molecule has 0 aliphatic heterocycles. The number of nitrogens with two attached hydrogens (primary N) is 2. The summed E-state index contributed by atoms with van der Waals surface area (Å²) in [6, 6.07) is 2.72. The Balaban J connectivity index is 3.16. The second kappa shape index (κ2) is 4.55. The standard InChI is InChI=1S/C12H18BrFN2O/c1-11(2,3)6-12(16,17)7-4-8(13)10(15)9(14)5-7/h4-5,17H,6,15-16H2,1-3H3. The number of rotatable bonds is 2. The molecule has 1 unspecified atom stereocenters. The number of hydrogen-bond donors (Lipinski definition) is 3. The predicted molar refractivity (Wildman–Crippen MR) is 70.7 cm³/mol. The molecular formula is C12H18BrFN2O. The van der Waals surface area contributed by atoms with E-state index in [4.69, 9.17) is 11.5 Å². The summed E-state index contributed by atoms with van der Waals surface area (Å²) in [6.07, 6.45) is 0.315. The van der Waals surface area contributed by atoms with E-state index in [0.29, 0.717) is 16.5 Å². The van der Waals surface area contributed by atoms with Crippen LogP contribution in [0.2, 0.25) is 0 Å². The minimum atomic E-state index is -1.57. The van der Waals surface area contributed by atoms with Gasteiger partial charge in [0, 0.05) is 10.0 Å². The molecule has 3 nitrogen and oxygen atoms in total. The maximum Gasteiger partial charge on any atom is 0.147 e. The van der Waals surface area contributed by atoms with Gasteiger partial charge in [0.2, 0.25) is 0 Å². The number of aliphatic hydroxyl groups is 1. The zero-order valence-corrected chi connectivity index (χ0v) is 11.8. The molecule has 17 heavy (non-hydrogen) atoms. The summed E-state index contributed by atoms with van der Waals surface area (Å²) in [5.41, 5.74) is 9.89. The lowest BCUT2D eigenvalue weighted by molar-refractivity contribution is 0.00262. The molecule has 5 N–H and O–H groups in total. The van der Waals surface area contributed by atoms with Gasteiger partial charge < -0.3 is 10.8 Å². The van der Waals surface area contributed by atoms with Crippen molar-refractivity contribution in [3.63, 3.8) is 0 Å². The largest absolute Gasteiger partial charge is 0.395 e. The van der Waals surface area contributed by atoms with Crippen molar-refractivity contribution in [1.82, 2.24) is 0 Å². The van der Waals surface area contributed by atoms with Crippen molar-refractivity contribution in [2.45, 2.75) is 32.9 Å². The molecule has 1 atom stereocenters. The van der Waals surface area contributed by atoms with Crippen LogP contribution in [0.15, 0.2) is 16.6 Å². The van der Waals surface area contributed by atoms with E-state index in [1.165, 1.54) is 6.07 Å². The van der Waals surface area contributed by atoms with Crippen LogP contribution < -0.4 is 11.5 Å². The van der Waals surface area contributed by atoms with Gasteiger partial charge in [-0.15, -0.1) is 0 Å². The quantitative estimate of drug-likeness (QED) is 0.581. The molecule has 0 bridgehead atoms. The number of anilines is 1. The summed E-state index contributed by atoms with van der Waals surface area (Å²) in [7, 11) is 0. The number of halogens is 2. The van der Waals surface area contributed by atoms with Gasteiger partial charge in [-0.2, -0.15) is 0 Å². The van der Waals surface area contributed by atoms with Crippen LogP contribution in [0.4, 0.5) is 10.1 Å². The zero-order valence-electron chi connectivity index (χ0n) is 10.2. The van der Waals surface area contributed by atoms with Crippen molar-refractivity contribution < 1.29 is 9.50 Å². The van der Waals surface area contributed by atoms with Crippen LogP contribution in [-0.4, -0.2) is 5.11 Å². The third-order valence-electron chi connectivity index (χ3n) is 2.38. The van der Waals surface area contributed by atoms with Gasteiger partial charge in [0.25, 0.3) is 0 Å². The monoisotopic (exact) mass is 304 g/mol. The molecule has 5 heteroatoms. The average molecular weight is 305 g/mol. The van der Waals surface area contributed by atoms with E-state index in [9.17, 15) is 9.50 Å². The van der Waals surface area contributed by atoms with Gasteiger partial charge in [0.1, 0.15) is 11.5 Å². The Kier molecular flexibility index (Phi) is 3.86.